The summed E-state index contributed by atoms with van der Waals surface area (Å²) < 4.78 is 18.9. The van der Waals surface area contributed by atoms with Gasteiger partial charge in [0.2, 0.25) is 5.91 Å². The Morgan fingerprint density at radius 2 is 1.87 bits per heavy atom. The van der Waals surface area contributed by atoms with E-state index in [4.69, 9.17) is 4.74 Å². The minimum Gasteiger partial charge on any atom is -0.378 e. The zero-order valence-electron chi connectivity index (χ0n) is 18.3. The maximum absolute atomic E-state index is 13.5. The van der Waals surface area contributed by atoms with E-state index in [1.165, 1.54) is 11.8 Å². The Balaban J connectivity index is 1.31. The fraction of sp³-hybridized carbons (Fsp3) is 0.480. The van der Waals surface area contributed by atoms with Crippen LogP contribution in [0.25, 0.3) is 0 Å². The Hall–Kier alpha value is -2.44. The molecule has 1 unspecified atom stereocenters. The number of ether oxygens (including phenoxy) is 1. The lowest BCUT2D eigenvalue weighted by Gasteiger charge is -2.34. The molecule has 0 spiro atoms. The number of morpholine rings is 1. The monoisotopic (exact) mass is 425 g/mol. The number of nitrogens with zero attached hydrogens (tertiary/aromatic N) is 3. The van der Waals surface area contributed by atoms with Crippen LogP contribution in [0.3, 0.4) is 0 Å². The van der Waals surface area contributed by atoms with Gasteiger partial charge in [0.05, 0.1) is 19.1 Å². The average molecular weight is 426 g/mol. The van der Waals surface area contributed by atoms with Crippen LogP contribution in [0.2, 0.25) is 0 Å². The first-order chi connectivity index (χ1) is 15.1. The highest BCUT2D eigenvalue weighted by Gasteiger charge is 2.28. The highest BCUT2D eigenvalue weighted by Crippen LogP contribution is 2.22. The van der Waals surface area contributed by atoms with E-state index in [-0.39, 0.29) is 17.6 Å². The van der Waals surface area contributed by atoms with Gasteiger partial charge in [-0.3, -0.25) is 9.69 Å². The van der Waals surface area contributed by atoms with Crippen molar-refractivity contribution in [3.63, 3.8) is 0 Å². The molecule has 1 atom stereocenters. The SMILES string of the molecule is CN(Cc1ccc(N2CCOCC2)cc1)C(=O)C1CCCN(Cc2cccc(F)c2)C1. The van der Waals surface area contributed by atoms with E-state index in [0.29, 0.717) is 13.1 Å². The summed E-state index contributed by atoms with van der Waals surface area (Å²) in [6.07, 6.45) is 1.91. The molecule has 0 bridgehead atoms. The predicted molar refractivity (Wildman–Crippen MR) is 120 cm³/mol. The van der Waals surface area contributed by atoms with Crippen molar-refractivity contribution in [1.82, 2.24) is 9.80 Å². The molecule has 0 radical (unpaired) electrons. The van der Waals surface area contributed by atoms with E-state index in [2.05, 4.69) is 34.1 Å². The number of piperidine rings is 1. The number of halogens is 1. The first kappa shape index (κ1) is 21.8. The smallest absolute Gasteiger partial charge is 0.227 e. The summed E-state index contributed by atoms with van der Waals surface area (Å²) in [7, 11) is 1.89. The summed E-state index contributed by atoms with van der Waals surface area (Å²) in [5.41, 5.74) is 3.31. The predicted octanol–water partition coefficient (Wildman–Crippen LogP) is 3.53. The third-order valence-corrected chi connectivity index (χ3v) is 6.26. The van der Waals surface area contributed by atoms with Gasteiger partial charge in [-0.1, -0.05) is 24.3 Å². The van der Waals surface area contributed by atoms with Gasteiger partial charge in [0, 0.05) is 45.5 Å². The molecule has 0 saturated carbocycles. The van der Waals surface area contributed by atoms with Crippen LogP contribution in [-0.4, -0.2) is 62.1 Å². The van der Waals surface area contributed by atoms with Crippen LogP contribution >= 0.6 is 0 Å². The second kappa shape index (κ2) is 10.2. The Morgan fingerprint density at radius 3 is 2.61 bits per heavy atom. The Morgan fingerprint density at radius 1 is 1.10 bits per heavy atom. The van der Waals surface area contributed by atoms with Gasteiger partial charge in [-0.2, -0.15) is 0 Å². The molecule has 2 saturated heterocycles. The van der Waals surface area contributed by atoms with Crippen molar-refractivity contribution in [1.29, 1.82) is 0 Å². The number of likely N-dealkylation sites (tertiary alicyclic amines) is 1. The van der Waals surface area contributed by atoms with Crippen LogP contribution in [0.1, 0.15) is 24.0 Å². The Labute approximate surface area is 184 Å². The lowest BCUT2D eigenvalue weighted by Crippen LogP contribution is -2.43. The maximum atomic E-state index is 13.5. The quantitative estimate of drug-likeness (QED) is 0.709. The summed E-state index contributed by atoms with van der Waals surface area (Å²) in [5.74, 6) is -0.0114. The third-order valence-electron chi connectivity index (χ3n) is 6.26. The highest BCUT2D eigenvalue weighted by molar-refractivity contribution is 5.79. The molecule has 2 fully saturated rings. The van der Waals surface area contributed by atoms with E-state index in [1.54, 1.807) is 12.1 Å². The Bertz CT molecular complexity index is 867. The first-order valence-corrected chi connectivity index (χ1v) is 11.2. The molecule has 0 aromatic heterocycles. The molecule has 6 heteroatoms. The lowest BCUT2D eigenvalue weighted by molar-refractivity contribution is -0.136. The zero-order chi connectivity index (χ0) is 21.6. The molecule has 1 amide bonds. The topological polar surface area (TPSA) is 36.0 Å². The molecule has 2 heterocycles. The zero-order valence-corrected chi connectivity index (χ0v) is 18.3. The van der Waals surface area contributed by atoms with E-state index in [0.717, 1.165) is 63.4 Å². The number of anilines is 1. The molecule has 2 aliphatic heterocycles. The van der Waals surface area contributed by atoms with Crippen LogP contribution in [0, 0.1) is 11.7 Å². The average Bonchev–Trinajstić information content (AvgIpc) is 2.80. The van der Waals surface area contributed by atoms with Crippen molar-refractivity contribution >= 4 is 11.6 Å². The summed E-state index contributed by atoms with van der Waals surface area (Å²) in [6.45, 7) is 6.38. The summed E-state index contributed by atoms with van der Waals surface area (Å²) in [6, 6.07) is 15.3. The van der Waals surface area contributed by atoms with Crippen molar-refractivity contribution in [2.45, 2.75) is 25.9 Å². The van der Waals surface area contributed by atoms with Gasteiger partial charge in [0.15, 0.2) is 0 Å². The number of hydrogen-bond acceptors (Lipinski definition) is 4. The number of rotatable bonds is 6. The summed E-state index contributed by atoms with van der Waals surface area (Å²) in [5, 5.41) is 0. The highest BCUT2D eigenvalue weighted by atomic mass is 19.1. The molecule has 166 valence electrons. The van der Waals surface area contributed by atoms with Crippen molar-refractivity contribution in [2.75, 3.05) is 51.3 Å². The number of hydrogen-bond donors (Lipinski definition) is 0. The van der Waals surface area contributed by atoms with Crippen LogP contribution in [-0.2, 0) is 22.6 Å². The number of carbonyl (C=O) groups is 1. The van der Waals surface area contributed by atoms with Crippen molar-refractivity contribution < 1.29 is 13.9 Å². The van der Waals surface area contributed by atoms with Crippen molar-refractivity contribution in [3.05, 3.63) is 65.5 Å². The third kappa shape index (κ3) is 5.83. The minimum atomic E-state index is -0.207. The molecular weight excluding hydrogens is 393 g/mol. The Kier molecular flexibility index (Phi) is 7.20. The number of amides is 1. The molecule has 31 heavy (non-hydrogen) atoms. The summed E-state index contributed by atoms with van der Waals surface area (Å²) in [4.78, 5) is 19.5. The van der Waals surface area contributed by atoms with Crippen molar-refractivity contribution in [3.8, 4) is 0 Å². The molecule has 2 aliphatic rings. The number of carbonyl (C=O) groups excluding carboxylic acids is 1. The van der Waals surface area contributed by atoms with Gasteiger partial charge >= 0.3 is 0 Å². The van der Waals surface area contributed by atoms with Gasteiger partial charge in [-0.05, 0) is 54.8 Å². The molecule has 0 N–H and O–H groups in total. The van der Waals surface area contributed by atoms with Crippen LogP contribution < -0.4 is 4.90 Å². The molecule has 2 aromatic rings. The van der Waals surface area contributed by atoms with Crippen LogP contribution in [0.15, 0.2) is 48.5 Å². The normalized spacial score (nSPS) is 19.9. The fourth-order valence-corrected chi connectivity index (χ4v) is 4.59. The molecule has 4 rings (SSSR count). The van der Waals surface area contributed by atoms with E-state index in [9.17, 15) is 9.18 Å². The number of benzene rings is 2. The van der Waals surface area contributed by atoms with Crippen molar-refractivity contribution in [2.24, 2.45) is 5.92 Å². The second-order valence-corrected chi connectivity index (χ2v) is 8.66. The van der Waals surface area contributed by atoms with Gasteiger partial charge in [0.25, 0.3) is 0 Å². The van der Waals surface area contributed by atoms with Gasteiger partial charge in [-0.25, -0.2) is 4.39 Å². The minimum absolute atomic E-state index is 0.0000627. The van der Waals surface area contributed by atoms with E-state index in [1.807, 2.05) is 18.0 Å². The van der Waals surface area contributed by atoms with Gasteiger partial charge in [0.1, 0.15) is 5.82 Å². The van der Waals surface area contributed by atoms with Gasteiger partial charge < -0.3 is 14.5 Å². The summed E-state index contributed by atoms with van der Waals surface area (Å²) >= 11 is 0. The lowest BCUT2D eigenvalue weighted by atomic mass is 9.96. The second-order valence-electron chi connectivity index (χ2n) is 8.66. The largest absolute Gasteiger partial charge is 0.378 e. The van der Waals surface area contributed by atoms with E-state index >= 15 is 0 Å². The first-order valence-electron chi connectivity index (χ1n) is 11.2. The standard InChI is InChI=1S/C25H32FN3O2/c1-27(17-20-7-9-24(10-8-20)29-12-14-31-15-13-29)25(30)22-5-3-11-28(19-22)18-21-4-2-6-23(26)16-21/h2,4,6-10,16,22H,3,5,11-15,17-19H2,1H3. The molecule has 0 aliphatic carbocycles. The van der Waals surface area contributed by atoms with Crippen LogP contribution in [0.5, 0.6) is 0 Å². The van der Waals surface area contributed by atoms with E-state index < -0.39 is 0 Å². The maximum Gasteiger partial charge on any atom is 0.227 e. The molecular formula is C25H32FN3O2. The van der Waals surface area contributed by atoms with Gasteiger partial charge in [-0.15, -0.1) is 0 Å². The van der Waals surface area contributed by atoms with Crippen LogP contribution in [0.4, 0.5) is 10.1 Å². The molecule has 5 nitrogen and oxygen atoms in total. The fourth-order valence-electron chi connectivity index (χ4n) is 4.59. The molecule has 2 aromatic carbocycles.